The van der Waals surface area contributed by atoms with Crippen LogP contribution in [0.5, 0.6) is 0 Å². The minimum absolute atomic E-state index is 0.300. The largest absolute Gasteiger partial charge is 0.353 e. The van der Waals surface area contributed by atoms with E-state index in [4.69, 9.17) is 0 Å². The van der Waals surface area contributed by atoms with Crippen molar-refractivity contribution in [2.45, 2.75) is 84.6 Å². The van der Waals surface area contributed by atoms with Gasteiger partial charge in [-0.05, 0) is 79.4 Å². The number of carbonyl (C=O) groups excluding carboxylic acids is 1. The average Bonchev–Trinajstić information content (AvgIpc) is 2.84. The monoisotopic (exact) mass is 303 g/mol. The van der Waals surface area contributed by atoms with Crippen LogP contribution in [0.25, 0.3) is 0 Å². The van der Waals surface area contributed by atoms with Crippen molar-refractivity contribution in [3.8, 4) is 0 Å². The molecule has 1 amide bonds. The Balaban J connectivity index is 1.62. The van der Waals surface area contributed by atoms with Gasteiger partial charge in [-0.3, -0.25) is 4.79 Å². The zero-order valence-electron chi connectivity index (χ0n) is 14.7. The summed E-state index contributed by atoms with van der Waals surface area (Å²) < 4.78 is 0. The SMILES string of the molecule is CC[C@H]1CC[C@H]2[C@@H]3CC[C@H]4NC(=O)CC[C@]4(C)[C@H]3CC[C@]12C. The molecule has 3 aliphatic carbocycles. The summed E-state index contributed by atoms with van der Waals surface area (Å²) in [5, 5.41) is 3.34. The number of amides is 1. The fourth-order valence-electron chi connectivity index (χ4n) is 7.48. The average molecular weight is 303 g/mol. The van der Waals surface area contributed by atoms with Crippen LogP contribution in [0.15, 0.2) is 0 Å². The minimum atomic E-state index is 0.300. The molecule has 1 heterocycles. The molecule has 4 aliphatic rings. The van der Waals surface area contributed by atoms with E-state index in [0.29, 0.717) is 22.8 Å². The molecule has 0 aromatic heterocycles. The van der Waals surface area contributed by atoms with Crippen LogP contribution in [0.1, 0.15) is 78.6 Å². The topological polar surface area (TPSA) is 29.1 Å². The normalized spacial score (nSPS) is 54.1. The number of fused-ring (bicyclic) bond motifs is 5. The van der Waals surface area contributed by atoms with Crippen LogP contribution in [0.4, 0.5) is 0 Å². The fraction of sp³-hybridized carbons (Fsp3) is 0.950. The van der Waals surface area contributed by atoms with Crippen LogP contribution in [0.3, 0.4) is 0 Å². The Kier molecular flexibility index (Phi) is 3.40. The van der Waals surface area contributed by atoms with Crippen molar-refractivity contribution in [2.24, 2.45) is 34.5 Å². The van der Waals surface area contributed by atoms with Crippen molar-refractivity contribution in [3.05, 3.63) is 0 Å². The third-order valence-electron chi connectivity index (χ3n) is 8.78. The second kappa shape index (κ2) is 4.98. The first-order valence-corrected chi connectivity index (χ1v) is 9.78. The summed E-state index contributed by atoms with van der Waals surface area (Å²) in [5.74, 6) is 4.03. The standard InChI is InChI=1S/C20H33NO/c1-4-13-5-7-15-14-6-8-17-20(3,12-10-18(22)21-17)16(14)9-11-19(13,15)2/h13-17H,4-12H2,1-3H3,(H,21,22)/t13-,14-,15-,16-,17+,19+,20+/m0/s1. The molecule has 124 valence electrons. The molecule has 4 fully saturated rings. The molecule has 1 N–H and O–H groups in total. The molecule has 7 atom stereocenters. The Morgan fingerprint density at radius 3 is 2.55 bits per heavy atom. The quantitative estimate of drug-likeness (QED) is 0.757. The molecule has 2 nitrogen and oxygen atoms in total. The van der Waals surface area contributed by atoms with Gasteiger partial charge >= 0.3 is 0 Å². The first-order chi connectivity index (χ1) is 10.5. The van der Waals surface area contributed by atoms with Gasteiger partial charge in [0.25, 0.3) is 0 Å². The molecular weight excluding hydrogens is 270 g/mol. The van der Waals surface area contributed by atoms with Gasteiger partial charge in [0.1, 0.15) is 0 Å². The third kappa shape index (κ3) is 1.88. The Morgan fingerprint density at radius 1 is 1.00 bits per heavy atom. The summed E-state index contributed by atoms with van der Waals surface area (Å²) in [5.41, 5.74) is 0.999. The molecule has 0 aromatic carbocycles. The van der Waals surface area contributed by atoms with E-state index in [1.54, 1.807) is 0 Å². The molecule has 2 heteroatoms. The zero-order valence-corrected chi connectivity index (χ0v) is 14.7. The second-order valence-electron chi connectivity index (χ2n) is 9.31. The van der Waals surface area contributed by atoms with Crippen LogP contribution in [0.2, 0.25) is 0 Å². The van der Waals surface area contributed by atoms with Crippen molar-refractivity contribution in [3.63, 3.8) is 0 Å². The Hall–Kier alpha value is -0.530. The lowest BCUT2D eigenvalue weighted by Crippen LogP contribution is -2.61. The van der Waals surface area contributed by atoms with Gasteiger partial charge in [-0.15, -0.1) is 0 Å². The highest BCUT2D eigenvalue weighted by Crippen LogP contribution is 2.65. The highest BCUT2D eigenvalue weighted by Gasteiger charge is 2.59. The number of carbonyl (C=O) groups is 1. The van der Waals surface area contributed by atoms with E-state index in [1.807, 2.05) is 0 Å². The predicted molar refractivity (Wildman–Crippen MR) is 89.3 cm³/mol. The molecule has 1 aliphatic heterocycles. The number of hydrogen-bond acceptors (Lipinski definition) is 1. The van der Waals surface area contributed by atoms with E-state index >= 15 is 0 Å². The lowest BCUT2D eigenvalue weighted by atomic mass is 9.47. The minimum Gasteiger partial charge on any atom is -0.353 e. The third-order valence-corrected chi connectivity index (χ3v) is 8.78. The van der Waals surface area contributed by atoms with Crippen molar-refractivity contribution in [1.82, 2.24) is 5.32 Å². The summed E-state index contributed by atoms with van der Waals surface area (Å²) >= 11 is 0. The summed E-state index contributed by atoms with van der Waals surface area (Å²) in [6.07, 6.45) is 11.7. The molecule has 0 aromatic rings. The maximum absolute atomic E-state index is 11.8. The van der Waals surface area contributed by atoms with E-state index in [0.717, 1.165) is 36.5 Å². The number of nitrogens with one attached hydrogen (secondary N) is 1. The summed E-state index contributed by atoms with van der Waals surface area (Å²) in [6, 6.07) is 0.461. The van der Waals surface area contributed by atoms with E-state index in [-0.39, 0.29) is 0 Å². The van der Waals surface area contributed by atoms with E-state index in [9.17, 15) is 4.79 Å². The first-order valence-electron chi connectivity index (χ1n) is 9.78. The van der Waals surface area contributed by atoms with Crippen LogP contribution in [-0.4, -0.2) is 11.9 Å². The molecule has 4 rings (SSSR count). The molecule has 0 bridgehead atoms. The van der Waals surface area contributed by atoms with Crippen LogP contribution >= 0.6 is 0 Å². The molecule has 22 heavy (non-hydrogen) atoms. The van der Waals surface area contributed by atoms with E-state index in [2.05, 4.69) is 26.1 Å². The lowest BCUT2D eigenvalue weighted by molar-refractivity contribution is -0.136. The van der Waals surface area contributed by atoms with Crippen LogP contribution < -0.4 is 5.32 Å². The fourth-order valence-corrected chi connectivity index (χ4v) is 7.48. The van der Waals surface area contributed by atoms with Crippen molar-refractivity contribution in [2.75, 3.05) is 0 Å². The number of hydrogen-bond donors (Lipinski definition) is 1. The highest BCUT2D eigenvalue weighted by atomic mass is 16.1. The molecule has 1 saturated heterocycles. The smallest absolute Gasteiger partial charge is 0.220 e. The van der Waals surface area contributed by atoms with Gasteiger partial charge in [-0.1, -0.05) is 27.2 Å². The summed E-state index contributed by atoms with van der Waals surface area (Å²) in [7, 11) is 0. The predicted octanol–water partition coefficient (Wildman–Crippen LogP) is 4.53. The first kappa shape index (κ1) is 15.0. The van der Waals surface area contributed by atoms with Gasteiger partial charge in [-0.25, -0.2) is 0 Å². The Labute approximate surface area is 135 Å². The van der Waals surface area contributed by atoms with Gasteiger partial charge in [0.05, 0.1) is 0 Å². The molecular formula is C20H33NO. The van der Waals surface area contributed by atoms with Gasteiger partial charge in [0.15, 0.2) is 0 Å². The van der Waals surface area contributed by atoms with Crippen molar-refractivity contribution < 1.29 is 4.79 Å². The van der Waals surface area contributed by atoms with Gasteiger partial charge in [0.2, 0.25) is 5.91 Å². The molecule has 0 radical (unpaired) electrons. The molecule has 0 spiro atoms. The number of rotatable bonds is 1. The maximum Gasteiger partial charge on any atom is 0.220 e. The summed E-state index contributed by atoms with van der Waals surface area (Å²) in [4.78, 5) is 11.8. The zero-order chi connectivity index (χ0) is 15.5. The van der Waals surface area contributed by atoms with Crippen LogP contribution in [0, 0.1) is 34.5 Å². The van der Waals surface area contributed by atoms with Crippen molar-refractivity contribution >= 4 is 5.91 Å². The van der Waals surface area contributed by atoms with E-state index in [1.165, 1.54) is 44.9 Å². The summed E-state index contributed by atoms with van der Waals surface area (Å²) in [6.45, 7) is 7.52. The Morgan fingerprint density at radius 2 is 1.77 bits per heavy atom. The number of piperidine rings is 1. The van der Waals surface area contributed by atoms with Gasteiger partial charge < -0.3 is 5.32 Å². The van der Waals surface area contributed by atoms with Gasteiger partial charge in [0, 0.05) is 12.5 Å². The molecule has 3 saturated carbocycles. The van der Waals surface area contributed by atoms with E-state index < -0.39 is 0 Å². The highest BCUT2D eigenvalue weighted by molar-refractivity contribution is 5.77. The Bertz CT molecular complexity index is 474. The van der Waals surface area contributed by atoms with Crippen LogP contribution in [-0.2, 0) is 4.79 Å². The second-order valence-corrected chi connectivity index (χ2v) is 9.31. The maximum atomic E-state index is 11.8. The lowest BCUT2D eigenvalue weighted by Gasteiger charge is -2.60. The van der Waals surface area contributed by atoms with Gasteiger partial charge in [-0.2, -0.15) is 0 Å². The van der Waals surface area contributed by atoms with Crippen molar-refractivity contribution in [1.29, 1.82) is 0 Å². The molecule has 0 unspecified atom stereocenters.